The standard InChI is InChI=1S/C18H25N5O/c1-21-15-5-6-16(21)13-23(11-8-15)18(24)19-9-7-14-12-22-10-3-2-4-17(22)20-14/h2-4,10,12,15-16H,5-9,11,13H2,1H3,(H,19,24). The molecule has 6 heteroatoms. The number of amides is 2. The van der Waals surface area contributed by atoms with Crippen LogP contribution in [0.3, 0.4) is 0 Å². The fourth-order valence-electron chi connectivity index (χ4n) is 4.01. The highest BCUT2D eigenvalue weighted by atomic mass is 16.2. The lowest BCUT2D eigenvalue weighted by atomic mass is 10.1. The number of pyridine rings is 1. The number of fused-ring (bicyclic) bond motifs is 3. The molecule has 128 valence electrons. The maximum absolute atomic E-state index is 12.5. The normalized spacial score (nSPS) is 24.3. The summed E-state index contributed by atoms with van der Waals surface area (Å²) >= 11 is 0. The Kier molecular flexibility index (Phi) is 4.14. The van der Waals surface area contributed by atoms with E-state index >= 15 is 0 Å². The fourth-order valence-corrected chi connectivity index (χ4v) is 4.01. The van der Waals surface area contributed by atoms with Gasteiger partial charge in [-0.3, -0.25) is 4.90 Å². The molecule has 2 atom stereocenters. The van der Waals surface area contributed by atoms with Crippen LogP contribution in [0.5, 0.6) is 0 Å². The smallest absolute Gasteiger partial charge is 0.317 e. The van der Waals surface area contributed by atoms with E-state index in [4.69, 9.17) is 0 Å². The van der Waals surface area contributed by atoms with E-state index in [9.17, 15) is 4.79 Å². The van der Waals surface area contributed by atoms with E-state index in [2.05, 4.69) is 22.2 Å². The topological polar surface area (TPSA) is 52.9 Å². The van der Waals surface area contributed by atoms with Crippen molar-refractivity contribution in [2.75, 3.05) is 26.7 Å². The Labute approximate surface area is 142 Å². The molecule has 0 radical (unpaired) electrons. The average Bonchev–Trinajstić information content (AvgIpc) is 3.07. The molecule has 2 fully saturated rings. The van der Waals surface area contributed by atoms with E-state index in [0.29, 0.717) is 18.6 Å². The molecule has 6 nitrogen and oxygen atoms in total. The van der Waals surface area contributed by atoms with Gasteiger partial charge in [-0.05, 0) is 38.4 Å². The molecule has 4 heterocycles. The molecule has 2 amide bonds. The molecule has 0 aliphatic carbocycles. The molecule has 2 saturated heterocycles. The molecule has 2 aromatic rings. The Hall–Kier alpha value is -2.08. The first-order valence-corrected chi connectivity index (χ1v) is 8.88. The van der Waals surface area contributed by atoms with Gasteiger partial charge in [-0.1, -0.05) is 6.07 Å². The average molecular weight is 327 g/mol. The van der Waals surface area contributed by atoms with Crippen LogP contribution >= 0.6 is 0 Å². The van der Waals surface area contributed by atoms with Gasteiger partial charge in [0, 0.05) is 50.5 Å². The summed E-state index contributed by atoms with van der Waals surface area (Å²) in [6, 6.07) is 7.22. The number of imidazole rings is 1. The maximum atomic E-state index is 12.5. The van der Waals surface area contributed by atoms with Crippen LogP contribution in [0.2, 0.25) is 0 Å². The van der Waals surface area contributed by atoms with Gasteiger partial charge in [-0.15, -0.1) is 0 Å². The minimum Gasteiger partial charge on any atom is -0.338 e. The molecule has 2 aliphatic heterocycles. The van der Waals surface area contributed by atoms with Crippen molar-refractivity contribution in [3.05, 3.63) is 36.3 Å². The van der Waals surface area contributed by atoms with Gasteiger partial charge < -0.3 is 14.6 Å². The Morgan fingerprint density at radius 3 is 3.04 bits per heavy atom. The Morgan fingerprint density at radius 1 is 1.29 bits per heavy atom. The van der Waals surface area contributed by atoms with Gasteiger partial charge in [-0.25, -0.2) is 9.78 Å². The van der Waals surface area contributed by atoms with Crippen molar-refractivity contribution in [2.45, 2.75) is 37.8 Å². The van der Waals surface area contributed by atoms with Crippen molar-refractivity contribution < 1.29 is 4.79 Å². The number of urea groups is 1. The number of rotatable bonds is 3. The molecule has 0 aromatic carbocycles. The summed E-state index contributed by atoms with van der Waals surface area (Å²) in [6.07, 6.45) is 8.37. The molecule has 1 N–H and O–H groups in total. The van der Waals surface area contributed by atoms with Crippen molar-refractivity contribution in [1.82, 2.24) is 24.5 Å². The first-order valence-electron chi connectivity index (χ1n) is 8.88. The number of likely N-dealkylation sites (tertiary alicyclic amines) is 1. The molecule has 2 aromatic heterocycles. The van der Waals surface area contributed by atoms with Crippen LogP contribution < -0.4 is 5.32 Å². The van der Waals surface area contributed by atoms with Crippen molar-refractivity contribution in [3.63, 3.8) is 0 Å². The summed E-state index contributed by atoms with van der Waals surface area (Å²) in [7, 11) is 2.20. The summed E-state index contributed by atoms with van der Waals surface area (Å²) < 4.78 is 2.01. The fraction of sp³-hybridized carbons (Fsp3) is 0.556. The van der Waals surface area contributed by atoms with Crippen molar-refractivity contribution in [2.24, 2.45) is 0 Å². The van der Waals surface area contributed by atoms with Crippen LogP contribution in [-0.4, -0.2) is 64.0 Å². The second-order valence-electron chi connectivity index (χ2n) is 6.97. The summed E-state index contributed by atoms with van der Waals surface area (Å²) in [5, 5.41) is 3.07. The van der Waals surface area contributed by atoms with Crippen LogP contribution in [-0.2, 0) is 6.42 Å². The van der Waals surface area contributed by atoms with E-state index in [-0.39, 0.29) is 6.03 Å². The van der Waals surface area contributed by atoms with Gasteiger partial charge >= 0.3 is 6.03 Å². The second-order valence-corrected chi connectivity index (χ2v) is 6.97. The lowest BCUT2D eigenvalue weighted by molar-refractivity contribution is 0.188. The third-order valence-electron chi connectivity index (χ3n) is 5.51. The highest BCUT2D eigenvalue weighted by molar-refractivity contribution is 5.74. The monoisotopic (exact) mass is 327 g/mol. The van der Waals surface area contributed by atoms with E-state index in [1.54, 1.807) is 0 Å². The third kappa shape index (κ3) is 2.98. The van der Waals surface area contributed by atoms with E-state index in [1.165, 1.54) is 12.8 Å². The van der Waals surface area contributed by atoms with Crippen molar-refractivity contribution in [1.29, 1.82) is 0 Å². The molecule has 4 rings (SSSR count). The zero-order chi connectivity index (χ0) is 16.5. The Morgan fingerprint density at radius 2 is 2.17 bits per heavy atom. The zero-order valence-corrected chi connectivity index (χ0v) is 14.2. The molecular formula is C18H25N5O. The van der Waals surface area contributed by atoms with Crippen LogP contribution in [0, 0.1) is 0 Å². The second kappa shape index (κ2) is 6.43. The van der Waals surface area contributed by atoms with Gasteiger partial charge in [0.2, 0.25) is 0 Å². The third-order valence-corrected chi connectivity index (χ3v) is 5.51. The van der Waals surface area contributed by atoms with E-state index in [0.717, 1.165) is 37.3 Å². The quantitative estimate of drug-likeness (QED) is 0.934. The molecule has 2 unspecified atom stereocenters. The largest absolute Gasteiger partial charge is 0.338 e. The van der Waals surface area contributed by atoms with Crippen LogP contribution in [0.15, 0.2) is 30.6 Å². The number of aromatic nitrogens is 2. The SMILES string of the molecule is CN1C2CCC1CN(C(=O)NCCc1cn3ccccc3n1)CC2. The Balaban J connectivity index is 1.30. The van der Waals surface area contributed by atoms with Gasteiger partial charge in [0.1, 0.15) is 5.65 Å². The van der Waals surface area contributed by atoms with Crippen molar-refractivity contribution >= 4 is 11.7 Å². The minimum atomic E-state index is 0.0692. The molecule has 24 heavy (non-hydrogen) atoms. The predicted octanol–water partition coefficient (Wildman–Crippen LogP) is 1.75. The molecule has 0 spiro atoms. The number of nitrogens with one attached hydrogen (secondary N) is 1. The van der Waals surface area contributed by atoms with Crippen LogP contribution in [0.1, 0.15) is 25.0 Å². The molecular weight excluding hydrogens is 302 g/mol. The van der Waals surface area contributed by atoms with Gasteiger partial charge in [0.15, 0.2) is 0 Å². The highest BCUT2D eigenvalue weighted by Crippen LogP contribution is 2.28. The lowest BCUT2D eigenvalue weighted by Crippen LogP contribution is -2.45. The minimum absolute atomic E-state index is 0.0692. The number of hydrogen-bond acceptors (Lipinski definition) is 3. The zero-order valence-electron chi connectivity index (χ0n) is 14.2. The molecule has 0 saturated carbocycles. The Bertz CT molecular complexity index is 694. The number of hydrogen-bond donors (Lipinski definition) is 1. The summed E-state index contributed by atoms with van der Waals surface area (Å²) in [4.78, 5) is 21.5. The first-order chi connectivity index (χ1) is 11.7. The number of carbonyl (C=O) groups is 1. The molecule has 2 aliphatic rings. The van der Waals surface area contributed by atoms with Gasteiger partial charge in [-0.2, -0.15) is 0 Å². The van der Waals surface area contributed by atoms with E-state index < -0.39 is 0 Å². The van der Waals surface area contributed by atoms with Gasteiger partial charge in [0.05, 0.1) is 5.69 Å². The van der Waals surface area contributed by atoms with E-state index in [1.807, 2.05) is 39.9 Å². The number of nitrogens with zero attached hydrogens (tertiary/aromatic N) is 4. The number of carbonyl (C=O) groups excluding carboxylic acids is 1. The highest BCUT2D eigenvalue weighted by Gasteiger charge is 2.35. The first kappa shape index (κ1) is 15.4. The summed E-state index contributed by atoms with van der Waals surface area (Å²) in [6.45, 7) is 2.35. The van der Waals surface area contributed by atoms with Gasteiger partial charge in [0.25, 0.3) is 0 Å². The van der Waals surface area contributed by atoms with Crippen molar-refractivity contribution in [3.8, 4) is 0 Å². The summed E-state index contributed by atoms with van der Waals surface area (Å²) in [5.74, 6) is 0. The molecule has 2 bridgehead atoms. The lowest BCUT2D eigenvalue weighted by Gasteiger charge is -2.26. The van der Waals surface area contributed by atoms with Crippen LogP contribution in [0.25, 0.3) is 5.65 Å². The maximum Gasteiger partial charge on any atom is 0.317 e. The summed E-state index contributed by atoms with van der Waals surface area (Å²) in [5.41, 5.74) is 1.96. The predicted molar refractivity (Wildman–Crippen MR) is 93.1 cm³/mol. The number of likely N-dealkylation sites (N-methyl/N-ethyl adjacent to an activating group) is 1. The van der Waals surface area contributed by atoms with Crippen LogP contribution in [0.4, 0.5) is 4.79 Å².